The molecule has 21 heavy (non-hydrogen) atoms. The van der Waals surface area contributed by atoms with Crippen molar-refractivity contribution in [2.24, 2.45) is 0 Å². The lowest BCUT2D eigenvalue weighted by Gasteiger charge is -2.10. The van der Waals surface area contributed by atoms with E-state index in [0.29, 0.717) is 0 Å². The summed E-state index contributed by atoms with van der Waals surface area (Å²) in [4.78, 5) is 23.1. The van der Waals surface area contributed by atoms with E-state index in [-0.39, 0.29) is 22.6 Å². The van der Waals surface area contributed by atoms with Crippen LogP contribution in [0.3, 0.4) is 0 Å². The number of phenols is 3. The number of rotatable bonds is 3. The molecule has 0 aliphatic heterocycles. The highest BCUT2D eigenvalue weighted by molar-refractivity contribution is 6.09. The summed E-state index contributed by atoms with van der Waals surface area (Å²) < 4.78 is 0. The Morgan fingerprint density at radius 1 is 0.952 bits per heavy atom. The quantitative estimate of drug-likeness (QED) is 0.433. The zero-order valence-corrected chi connectivity index (χ0v) is 10.6. The summed E-state index contributed by atoms with van der Waals surface area (Å²) in [5.41, 5.74) is -0.560. The molecule has 0 radical (unpaired) electrons. The highest BCUT2D eigenvalue weighted by atomic mass is 16.4. The van der Waals surface area contributed by atoms with Gasteiger partial charge in [0.15, 0.2) is 11.5 Å². The molecule has 0 atom stereocenters. The molecular formula is C14H11NO6. The third kappa shape index (κ3) is 2.86. The molecule has 2 aromatic carbocycles. The Morgan fingerprint density at radius 3 is 2.33 bits per heavy atom. The van der Waals surface area contributed by atoms with Crippen LogP contribution >= 0.6 is 0 Å². The molecule has 0 saturated heterocycles. The van der Waals surface area contributed by atoms with Crippen LogP contribution in [0.1, 0.15) is 20.7 Å². The van der Waals surface area contributed by atoms with Crippen molar-refractivity contribution in [1.29, 1.82) is 0 Å². The Morgan fingerprint density at radius 2 is 1.67 bits per heavy atom. The van der Waals surface area contributed by atoms with Crippen molar-refractivity contribution < 1.29 is 30.0 Å². The van der Waals surface area contributed by atoms with Crippen molar-refractivity contribution in [2.45, 2.75) is 0 Å². The van der Waals surface area contributed by atoms with Crippen LogP contribution in [-0.4, -0.2) is 32.3 Å². The maximum absolute atomic E-state index is 12.0. The Kier molecular flexibility index (Phi) is 3.66. The number of carboxylic acid groups (broad SMARTS) is 1. The summed E-state index contributed by atoms with van der Waals surface area (Å²) in [5, 5.41) is 39.5. The van der Waals surface area contributed by atoms with Gasteiger partial charge >= 0.3 is 5.97 Å². The lowest BCUT2D eigenvalue weighted by Crippen LogP contribution is -2.15. The summed E-state index contributed by atoms with van der Waals surface area (Å²) in [6, 6.07) is 7.25. The second kappa shape index (κ2) is 5.41. The van der Waals surface area contributed by atoms with Crippen LogP contribution in [0.5, 0.6) is 17.2 Å². The van der Waals surface area contributed by atoms with Crippen LogP contribution in [0.4, 0.5) is 5.69 Å². The average Bonchev–Trinajstić information content (AvgIpc) is 2.43. The van der Waals surface area contributed by atoms with Crippen molar-refractivity contribution in [3.8, 4) is 17.2 Å². The largest absolute Gasteiger partial charge is 0.508 e. The Hall–Kier alpha value is -3.22. The standard InChI is InChI=1S/C14H11NO6/c16-7-4-5-10(9(6-7)14(20)21)15-13(19)8-2-1-3-11(17)12(8)18/h1-6,16-18H,(H,15,19)(H,20,21). The molecule has 0 spiro atoms. The number of hydrogen-bond acceptors (Lipinski definition) is 5. The second-order valence-electron chi connectivity index (χ2n) is 4.16. The Labute approximate surface area is 118 Å². The number of hydrogen-bond donors (Lipinski definition) is 5. The minimum atomic E-state index is -1.33. The zero-order chi connectivity index (χ0) is 15.6. The lowest BCUT2D eigenvalue weighted by molar-refractivity contribution is 0.0697. The van der Waals surface area contributed by atoms with Crippen LogP contribution in [0.2, 0.25) is 0 Å². The lowest BCUT2D eigenvalue weighted by atomic mass is 10.1. The molecule has 2 aromatic rings. The smallest absolute Gasteiger partial charge is 0.337 e. The van der Waals surface area contributed by atoms with Gasteiger partial charge in [-0.05, 0) is 30.3 Å². The van der Waals surface area contributed by atoms with Gasteiger partial charge in [0.2, 0.25) is 0 Å². The molecule has 0 heterocycles. The average molecular weight is 289 g/mol. The first kappa shape index (κ1) is 14.2. The van der Waals surface area contributed by atoms with Gasteiger partial charge in [0, 0.05) is 0 Å². The molecule has 5 N–H and O–H groups in total. The summed E-state index contributed by atoms with van der Waals surface area (Å²) in [6.45, 7) is 0. The van der Waals surface area contributed by atoms with E-state index in [4.69, 9.17) is 5.11 Å². The van der Waals surface area contributed by atoms with E-state index in [9.17, 15) is 24.9 Å². The fraction of sp³-hybridized carbons (Fsp3) is 0. The summed E-state index contributed by atoms with van der Waals surface area (Å²) >= 11 is 0. The minimum Gasteiger partial charge on any atom is -0.508 e. The molecule has 0 saturated carbocycles. The van der Waals surface area contributed by atoms with Gasteiger partial charge < -0.3 is 25.7 Å². The van der Waals surface area contributed by atoms with E-state index in [1.807, 2.05) is 0 Å². The van der Waals surface area contributed by atoms with Gasteiger partial charge in [0.25, 0.3) is 5.91 Å². The highest BCUT2D eigenvalue weighted by Gasteiger charge is 2.17. The second-order valence-corrected chi connectivity index (χ2v) is 4.16. The normalized spacial score (nSPS) is 10.1. The maximum Gasteiger partial charge on any atom is 0.337 e. The van der Waals surface area contributed by atoms with Gasteiger partial charge in [-0.15, -0.1) is 0 Å². The van der Waals surface area contributed by atoms with E-state index in [1.54, 1.807) is 0 Å². The van der Waals surface area contributed by atoms with Crippen LogP contribution < -0.4 is 5.32 Å². The first-order valence-electron chi connectivity index (χ1n) is 5.78. The molecule has 2 rings (SSSR count). The highest BCUT2D eigenvalue weighted by Crippen LogP contribution is 2.29. The molecule has 108 valence electrons. The van der Waals surface area contributed by atoms with Crippen molar-refractivity contribution >= 4 is 17.6 Å². The fourth-order valence-electron chi connectivity index (χ4n) is 1.72. The van der Waals surface area contributed by atoms with Crippen molar-refractivity contribution in [2.75, 3.05) is 5.32 Å². The van der Waals surface area contributed by atoms with Gasteiger partial charge in [-0.3, -0.25) is 4.79 Å². The Balaban J connectivity index is 2.36. The molecule has 0 fully saturated rings. The number of aromatic hydroxyl groups is 3. The van der Waals surface area contributed by atoms with Gasteiger partial charge in [0.1, 0.15) is 5.75 Å². The van der Waals surface area contributed by atoms with E-state index >= 15 is 0 Å². The number of phenolic OH excluding ortho intramolecular Hbond substituents is 3. The van der Waals surface area contributed by atoms with Crippen molar-refractivity contribution in [1.82, 2.24) is 0 Å². The first-order chi connectivity index (χ1) is 9.90. The van der Waals surface area contributed by atoms with Crippen LogP contribution in [-0.2, 0) is 0 Å². The SMILES string of the molecule is O=C(O)c1cc(O)ccc1NC(=O)c1cccc(O)c1O. The van der Waals surface area contributed by atoms with Gasteiger partial charge in [-0.2, -0.15) is 0 Å². The van der Waals surface area contributed by atoms with Crippen LogP contribution in [0.25, 0.3) is 0 Å². The number of carbonyl (C=O) groups is 2. The molecule has 0 unspecified atom stereocenters. The predicted octanol–water partition coefficient (Wildman–Crippen LogP) is 1.75. The number of aromatic carboxylic acids is 1. The minimum absolute atomic E-state index is 0.0481. The molecule has 7 nitrogen and oxygen atoms in total. The number of benzene rings is 2. The van der Waals surface area contributed by atoms with E-state index in [1.165, 1.54) is 30.3 Å². The number of nitrogens with one attached hydrogen (secondary N) is 1. The van der Waals surface area contributed by atoms with Crippen molar-refractivity contribution in [3.63, 3.8) is 0 Å². The molecule has 0 aliphatic rings. The molecule has 0 bridgehead atoms. The van der Waals surface area contributed by atoms with Crippen LogP contribution in [0, 0.1) is 0 Å². The van der Waals surface area contributed by atoms with Crippen molar-refractivity contribution in [3.05, 3.63) is 47.5 Å². The van der Waals surface area contributed by atoms with E-state index < -0.39 is 23.4 Å². The maximum atomic E-state index is 12.0. The summed E-state index contributed by atoms with van der Waals surface area (Å²) in [7, 11) is 0. The van der Waals surface area contributed by atoms with Gasteiger partial charge in [-0.1, -0.05) is 6.07 Å². The monoisotopic (exact) mass is 289 g/mol. The molecule has 1 amide bonds. The molecule has 0 aromatic heterocycles. The number of carboxylic acids is 1. The predicted molar refractivity (Wildman–Crippen MR) is 72.8 cm³/mol. The number of amides is 1. The molecule has 7 heteroatoms. The number of carbonyl (C=O) groups excluding carboxylic acids is 1. The van der Waals surface area contributed by atoms with E-state index in [2.05, 4.69) is 5.32 Å². The number of para-hydroxylation sites is 1. The van der Waals surface area contributed by atoms with Crippen LogP contribution in [0.15, 0.2) is 36.4 Å². The third-order valence-electron chi connectivity index (χ3n) is 2.74. The molecule has 0 aliphatic carbocycles. The third-order valence-corrected chi connectivity index (χ3v) is 2.74. The summed E-state index contributed by atoms with van der Waals surface area (Å²) in [5.74, 6) is -3.46. The van der Waals surface area contributed by atoms with Gasteiger partial charge in [-0.25, -0.2) is 4.79 Å². The summed E-state index contributed by atoms with van der Waals surface area (Å²) in [6.07, 6.45) is 0. The topological polar surface area (TPSA) is 127 Å². The van der Waals surface area contributed by atoms with Gasteiger partial charge in [0.05, 0.1) is 16.8 Å². The fourth-order valence-corrected chi connectivity index (χ4v) is 1.72. The Bertz CT molecular complexity index is 725. The van der Waals surface area contributed by atoms with E-state index in [0.717, 1.165) is 6.07 Å². The number of anilines is 1. The first-order valence-corrected chi connectivity index (χ1v) is 5.78. The zero-order valence-electron chi connectivity index (χ0n) is 10.6. The molecular weight excluding hydrogens is 278 g/mol.